The molecule has 1 aromatic carbocycles. The van der Waals surface area contributed by atoms with E-state index in [9.17, 15) is 4.79 Å². The average Bonchev–Trinajstić information content (AvgIpc) is 2.32. The van der Waals surface area contributed by atoms with Crippen LogP contribution in [0.25, 0.3) is 0 Å². The number of benzene rings is 1. The molecule has 0 fully saturated rings. The van der Waals surface area contributed by atoms with Crippen LogP contribution < -0.4 is 10.6 Å². The first-order valence-electron chi connectivity index (χ1n) is 6.09. The van der Waals surface area contributed by atoms with Crippen molar-refractivity contribution in [1.82, 2.24) is 10.6 Å². The number of nitrogens with one attached hydrogen (secondary N) is 2. The van der Waals surface area contributed by atoms with Gasteiger partial charge in [0.15, 0.2) is 0 Å². The van der Waals surface area contributed by atoms with Crippen LogP contribution in [0.5, 0.6) is 0 Å². The molecular weight excluding hydrogens is 292 g/mol. The van der Waals surface area contributed by atoms with Crippen molar-refractivity contribution in [1.29, 1.82) is 0 Å². The van der Waals surface area contributed by atoms with E-state index in [4.69, 9.17) is 0 Å². The quantitative estimate of drug-likeness (QED) is 0.877. The lowest BCUT2D eigenvalue weighted by Gasteiger charge is -2.25. The summed E-state index contributed by atoms with van der Waals surface area (Å²) in [4.78, 5) is 12.0. The largest absolute Gasteiger partial charge is 0.352 e. The van der Waals surface area contributed by atoms with Crippen molar-refractivity contribution >= 4 is 21.8 Å². The van der Waals surface area contributed by atoms with Crippen LogP contribution >= 0.6 is 15.9 Å². The molecule has 0 aliphatic carbocycles. The third-order valence-corrected chi connectivity index (χ3v) is 3.55. The van der Waals surface area contributed by atoms with Gasteiger partial charge in [-0.25, -0.2) is 0 Å². The van der Waals surface area contributed by atoms with Crippen LogP contribution in [-0.2, 0) is 11.2 Å². The summed E-state index contributed by atoms with van der Waals surface area (Å²) in [7, 11) is 1.79. The second kappa shape index (κ2) is 6.34. The molecule has 0 heterocycles. The molecule has 3 nitrogen and oxygen atoms in total. The lowest BCUT2D eigenvalue weighted by atomic mass is 10.0. The molecule has 0 aliphatic heterocycles. The van der Waals surface area contributed by atoms with Gasteiger partial charge in [-0.15, -0.1) is 0 Å². The number of amides is 1. The fourth-order valence-electron chi connectivity index (χ4n) is 1.54. The summed E-state index contributed by atoms with van der Waals surface area (Å²) < 4.78 is 1.07. The standard InChI is InChI=1S/C14H21BrN2O/c1-10(17-13(18)14(2,3)16-4)9-11-5-7-12(15)8-6-11/h5-8,10,16H,9H2,1-4H3,(H,17,18). The second-order valence-corrected chi connectivity index (χ2v) is 6.00. The summed E-state index contributed by atoms with van der Waals surface area (Å²) in [5.41, 5.74) is 0.682. The Bertz CT molecular complexity index is 401. The first-order valence-corrected chi connectivity index (χ1v) is 6.89. The number of hydrogen-bond donors (Lipinski definition) is 2. The van der Waals surface area contributed by atoms with E-state index in [1.807, 2.05) is 32.9 Å². The minimum atomic E-state index is -0.534. The van der Waals surface area contributed by atoms with Gasteiger partial charge >= 0.3 is 0 Å². The molecule has 0 radical (unpaired) electrons. The van der Waals surface area contributed by atoms with E-state index in [-0.39, 0.29) is 11.9 Å². The SMILES string of the molecule is CNC(C)(C)C(=O)NC(C)Cc1ccc(Br)cc1. The maximum atomic E-state index is 12.0. The first-order chi connectivity index (χ1) is 8.35. The minimum absolute atomic E-state index is 0.0228. The highest BCUT2D eigenvalue weighted by Gasteiger charge is 2.25. The molecule has 1 unspecified atom stereocenters. The molecule has 0 bridgehead atoms. The molecule has 1 aromatic rings. The molecule has 100 valence electrons. The Morgan fingerprint density at radius 1 is 1.33 bits per heavy atom. The summed E-state index contributed by atoms with van der Waals surface area (Å²) in [6, 6.07) is 8.28. The zero-order chi connectivity index (χ0) is 13.8. The van der Waals surface area contributed by atoms with Crippen molar-refractivity contribution in [2.75, 3.05) is 7.05 Å². The summed E-state index contributed by atoms with van der Waals surface area (Å²) in [6.07, 6.45) is 0.832. The Balaban J connectivity index is 2.54. The molecule has 0 aliphatic rings. The van der Waals surface area contributed by atoms with Crippen molar-refractivity contribution in [3.63, 3.8) is 0 Å². The van der Waals surface area contributed by atoms with E-state index in [2.05, 4.69) is 38.7 Å². The molecule has 4 heteroatoms. The third-order valence-electron chi connectivity index (χ3n) is 3.03. The second-order valence-electron chi connectivity index (χ2n) is 5.08. The molecule has 0 saturated carbocycles. The van der Waals surface area contributed by atoms with E-state index in [1.165, 1.54) is 5.56 Å². The van der Waals surface area contributed by atoms with Gasteiger partial charge in [0.1, 0.15) is 0 Å². The van der Waals surface area contributed by atoms with Crippen LogP contribution in [0.3, 0.4) is 0 Å². The van der Waals surface area contributed by atoms with Gasteiger partial charge in [-0.05, 0) is 51.9 Å². The van der Waals surface area contributed by atoms with Crippen molar-refractivity contribution in [2.24, 2.45) is 0 Å². The zero-order valence-electron chi connectivity index (χ0n) is 11.4. The molecule has 0 saturated heterocycles. The highest BCUT2D eigenvalue weighted by Crippen LogP contribution is 2.12. The van der Waals surface area contributed by atoms with Gasteiger partial charge in [-0.1, -0.05) is 28.1 Å². The highest BCUT2D eigenvalue weighted by molar-refractivity contribution is 9.10. The predicted octanol–water partition coefficient (Wildman–Crippen LogP) is 2.49. The van der Waals surface area contributed by atoms with Gasteiger partial charge in [-0.2, -0.15) is 0 Å². The summed E-state index contributed by atoms with van der Waals surface area (Å²) in [5.74, 6) is 0.0228. The summed E-state index contributed by atoms with van der Waals surface area (Å²) in [6.45, 7) is 5.76. The Morgan fingerprint density at radius 2 is 1.89 bits per heavy atom. The Labute approximate surface area is 117 Å². The maximum absolute atomic E-state index is 12.0. The lowest BCUT2D eigenvalue weighted by Crippen LogP contribution is -2.53. The fourth-order valence-corrected chi connectivity index (χ4v) is 1.81. The number of likely N-dealkylation sites (N-methyl/N-ethyl adjacent to an activating group) is 1. The van der Waals surface area contributed by atoms with Crippen LogP contribution in [0, 0.1) is 0 Å². The van der Waals surface area contributed by atoms with Gasteiger partial charge in [-0.3, -0.25) is 4.79 Å². The molecule has 1 amide bonds. The van der Waals surface area contributed by atoms with Gasteiger partial charge in [0, 0.05) is 10.5 Å². The molecular formula is C14H21BrN2O. The van der Waals surface area contributed by atoms with Gasteiger partial charge in [0.2, 0.25) is 5.91 Å². The Morgan fingerprint density at radius 3 is 2.39 bits per heavy atom. The monoisotopic (exact) mass is 312 g/mol. The number of hydrogen-bond acceptors (Lipinski definition) is 2. The van der Waals surface area contributed by atoms with Crippen molar-refractivity contribution < 1.29 is 4.79 Å². The van der Waals surface area contributed by atoms with Crippen LogP contribution in [0.4, 0.5) is 0 Å². The van der Waals surface area contributed by atoms with Gasteiger partial charge < -0.3 is 10.6 Å². The Kier molecular flexibility index (Phi) is 5.35. The molecule has 18 heavy (non-hydrogen) atoms. The normalized spacial score (nSPS) is 13.2. The summed E-state index contributed by atoms with van der Waals surface area (Å²) in [5, 5.41) is 6.02. The molecule has 1 rings (SSSR count). The summed E-state index contributed by atoms with van der Waals surface area (Å²) >= 11 is 3.41. The zero-order valence-corrected chi connectivity index (χ0v) is 13.0. The van der Waals surface area contributed by atoms with E-state index in [0.29, 0.717) is 0 Å². The number of carbonyl (C=O) groups excluding carboxylic acids is 1. The molecule has 2 N–H and O–H groups in total. The van der Waals surface area contributed by atoms with E-state index < -0.39 is 5.54 Å². The van der Waals surface area contributed by atoms with Crippen LogP contribution in [0.1, 0.15) is 26.3 Å². The van der Waals surface area contributed by atoms with Crippen molar-refractivity contribution in [2.45, 2.75) is 38.8 Å². The first kappa shape index (κ1) is 15.2. The topological polar surface area (TPSA) is 41.1 Å². The van der Waals surface area contributed by atoms with E-state index in [1.54, 1.807) is 7.05 Å². The van der Waals surface area contributed by atoms with Crippen LogP contribution in [-0.4, -0.2) is 24.5 Å². The van der Waals surface area contributed by atoms with E-state index in [0.717, 1.165) is 10.9 Å². The number of rotatable bonds is 5. The fraction of sp³-hybridized carbons (Fsp3) is 0.500. The smallest absolute Gasteiger partial charge is 0.239 e. The van der Waals surface area contributed by atoms with Crippen LogP contribution in [0.15, 0.2) is 28.7 Å². The highest BCUT2D eigenvalue weighted by atomic mass is 79.9. The molecule has 0 spiro atoms. The average molecular weight is 313 g/mol. The number of halogens is 1. The third kappa shape index (κ3) is 4.42. The minimum Gasteiger partial charge on any atom is -0.352 e. The van der Waals surface area contributed by atoms with Crippen molar-refractivity contribution in [3.8, 4) is 0 Å². The van der Waals surface area contributed by atoms with E-state index >= 15 is 0 Å². The predicted molar refractivity (Wildman–Crippen MR) is 78.6 cm³/mol. The number of carbonyl (C=O) groups is 1. The Hall–Kier alpha value is -0.870. The van der Waals surface area contributed by atoms with Crippen LogP contribution in [0.2, 0.25) is 0 Å². The molecule has 1 atom stereocenters. The maximum Gasteiger partial charge on any atom is 0.239 e. The van der Waals surface area contributed by atoms with Crippen molar-refractivity contribution in [3.05, 3.63) is 34.3 Å². The lowest BCUT2D eigenvalue weighted by molar-refractivity contribution is -0.126. The van der Waals surface area contributed by atoms with Gasteiger partial charge in [0.25, 0.3) is 0 Å². The van der Waals surface area contributed by atoms with Gasteiger partial charge in [0.05, 0.1) is 5.54 Å². The molecule has 0 aromatic heterocycles.